The molecule has 15 heavy (non-hydrogen) atoms. The van der Waals surface area contributed by atoms with Gasteiger partial charge in [0, 0.05) is 23.5 Å². The maximum absolute atomic E-state index is 13.3. The second kappa shape index (κ2) is 3.77. The molecule has 2 aromatic rings. The Morgan fingerprint density at radius 1 is 1.07 bits per heavy atom. The average molecular weight is 205 g/mol. The van der Waals surface area contributed by atoms with Crippen LogP contribution in [0.4, 0.5) is 8.78 Å². The molecule has 0 bridgehead atoms. The zero-order chi connectivity index (χ0) is 10.8. The summed E-state index contributed by atoms with van der Waals surface area (Å²) in [6, 6.07) is 6.12. The van der Waals surface area contributed by atoms with E-state index in [0.717, 1.165) is 0 Å². The summed E-state index contributed by atoms with van der Waals surface area (Å²) in [5.41, 5.74) is 1.25. The summed E-state index contributed by atoms with van der Waals surface area (Å²) < 4.78 is 26.5. The van der Waals surface area contributed by atoms with E-state index in [9.17, 15) is 8.78 Å². The van der Waals surface area contributed by atoms with Gasteiger partial charge in [-0.15, -0.1) is 0 Å². The fourth-order valence-corrected chi connectivity index (χ4v) is 1.35. The van der Waals surface area contributed by atoms with Gasteiger partial charge in [0.1, 0.15) is 11.6 Å². The number of benzene rings is 1. The summed E-state index contributed by atoms with van der Waals surface area (Å²) in [6.07, 6.45) is 3.19. The summed E-state index contributed by atoms with van der Waals surface area (Å²) in [5, 5.41) is 0. The molecule has 0 fully saturated rings. The predicted molar refractivity (Wildman–Crippen MR) is 54.3 cm³/mol. The van der Waals surface area contributed by atoms with Gasteiger partial charge < -0.3 is 0 Å². The average Bonchev–Trinajstić information content (AvgIpc) is 2.26. The molecule has 0 N–H and O–H groups in total. The second-order valence-electron chi connectivity index (χ2n) is 3.31. The van der Waals surface area contributed by atoms with Gasteiger partial charge in [0.05, 0.1) is 0 Å². The third-order valence-electron chi connectivity index (χ3n) is 2.28. The number of rotatable bonds is 1. The zero-order valence-corrected chi connectivity index (χ0v) is 8.17. The Balaban J connectivity index is 2.56. The molecule has 0 radical (unpaired) electrons. The lowest BCUT2D eigenvalue weighted by molar-refractivity contribution is 0.569. The zero-order valence-electron chi connectivity index (χ0n) is 8.17. The van der Waals surface area contributed by atoms with E-state index in [-0.39, 0.29) is 5.56 Å². The molecule has 0 aliphatic heterocycles. The largest absolute Gasteiger partial charge is 0.264 e. The van der Waals surface area contributed by atoms with Crippen LogP contribution in [0.3, 0.4) is 0 Å². The lowest BCUT2D eigenvalue weighted by atomic mass is 10.1. The summed E-state index contributed by atoms with van der Waals surface area (Å²) in [5.74, 6) is -1.07. The second-order valence-corrected chi connectivity index (χ2v) is 3.31. The van der Waals surface area contributed by atoms with Crippen molar-refractivity contribution in [1.29, 1.82) is 0 Å². The monoisotopic (exact) mass is 205 g/mol. The predicted octanol–water partition coefficient (Wildman–Crippen LogP) is 3.34. The topological polar surface area (TPSA) is 12.9 Å². The Morgan fingerprint density at radius 2 is 1.73 bits per heavy atom. The molecule has 0 atom stereocenters. The maximum Gasteiger partial charge on any atom is 0.129 e. The van der Waals surface area contributed by atoms with Crippen LogP contribution in [0.1, 0.15) is 5.56 Å². The third kappa shape index (κ3) is 1.86. The molecular formula is C12H9F2N. The highest BCUT2D eigenvalue weighted by Gasteiger charge is 2.07. The molecule has 1 aromatic heterocycles. The molecule has 0 unspecified atom stereocenters. The first-order valence-electron chi connectivity index (χ1n) is 4.54. The van der Waals surface area contributed by atoms with E-state index >= 15 is 0 Å². The van der Waals surface area contributed by atoms with E-state index in [2.05, 4.69) is 4.98 Å². The summed E-state index contributed by atoms with van der Waals surface area (Å²) in [4.78, 5) is 3.90. The van der Waals surface area contributed by atoms with Crippen molar-refractivity contribution in [3.05, 3.63) is 53.9 Å². The van der Waals surface area contributed by atoms with Crippen molar-refractivity contribution in [2.45, 2.75) is 6.92 Å². The van der Waals surface area contributed by atoms with Gasteiger partial charge in [0.25, 0.3) is 0 Å². The van der Waals surface area contributed by atoms with Crippen LogP contribution in [-0.4, -0.2) is 4.98 Å². The molecule has 2 rings (SSSR count). The van der Waals surface area contributed by atoms with Gasteiger partial charge in [-0.05, 0) is 30.7 Å². The number of halogens is 2. The molecule has 0 spiro atoms. The van der Waals surface area contributed by atoms with Crippen LogP contribution < -0.4 is 0 Å². The molecule has 0 aliphatic rings. The van der Waals surface area contributed by atoms with Gasteiger partial charge in [-0.25, -0.2) is 8.78 Å². The van der Waals surface area contributed by atoms with E-state index in [0.29, 0.717) is 11.1 Å². The quantitative estimate of drug-likeness (QED) is 0.695. The van der Waals surface area contributed by atoms with Crippen LogP contribution in [0.2, 0.25) is 0 Å². The highest BCUT2D eigenvalue weighted by molar-refractivity contribution is 5.62. The fraction of sp³-hybridized carbons (Fsp3) is 0.0833. The lowest BCUT2D eigenvalue weighted by Gasteiger charge is -2.04. The number of nitrogens with zero attached hydrogens (tertiary/aromatic N) is 1. The van der Waals surface area contributed by atoms with Crippen molar-refractivity contribution < 1.29 is 8.78 Å². The molecule has 0 saturated carbocycles. The van der Waals surface area contributed by atoms with Crippen molar-refractivity contribution in [2.75, 3.05) is 0 Å². The van der Waals surface area contributed by atoms with Crippen LogP contribution in [0.5, 0.6) is 0 Å². The van der Waals surface area contributed by atoms with E-state index in [4.69, 9.17) is 0 Å². The molecular weight excluding hydrogens is 196 g/mol. The molecule has 3 heteroatoms. The molecule has 1 heterocycles. The maximum atomic E-state index is 13.3. The molecule has 0 amide bonds. The normalized spacial score (nSPS) is 10.3. The number of hydrogen-bond acceptors (Lipinski definition) is 1. The number of pyridine rings is 1. The Labute approximate surface area is 86.4 Å². The third-order valence-corrected chi connectivity index (χ3v) is 2.28. The summed E-state index contributed by atoms with van der Waals surface area (Å²) >= 11 is 0. The Morgan fingerprint density at radius 3 is 2.27 bits per heavy atom. The van der Waals surface area contributed by atoms with Crippen molar-refractivity contribution in [3.8, 4) is 11.1 Å². The van der Waals surface area contributed by atoms with Crippen molar-refractivity contribution in [3.63, 3.8) is 0 Å². The van der Waals surface area contributed by atoms with E-state index < -0.39 is 11.6 Å². The molecule has 0 aliphatic carbocycles. The Kier molecular flexibility index (Phi) is 2.46. The highest BCUT2D eigenvalue weighted by Crippen LogP contribution is 2.22. The van der Waals surface area contributed by atoms with Crippen LogP contribution in [0.25, 0.3) is 11.1 Å². The van der Waals surface area contributed by atoms with Crippen LogP contribution in [0.15, 0.2) is 36.7 Å². The van der Waals surface area contributed by atoms with Crippen LogP contribution in [0, 0.1) is 18.6 Å². The lowest BCUT2D eigenvalue weighted by Crippen LogP contribution is -1.90. The Hall–Kier alpha value is -1.77. The van der Waals surface area contributed by atoms with Gasteiger partial charge >= 0.3 is 0 Å². The van der Waals surface area contributed by atoms with Crippen molar-refractivity contribution >= 4 is 0 Å². The summed E-state index contributed by atoms with van der Waals surface area (Å²) in [7, 11) is 0. The molecule has 76 valence electrons. The van der Waals surface area contributed by atoms with Gasteiger partial charge in [-0.1, -0.05) is 6.07 Å². The standard InChI is InChI=1S/C12H9F2N/c1-8-11(13)5-10(6-12(8)14)9-3-2-4-15-7-9/h2-7H,1H3. The SMILES string of the molecule is Cc1c(F)cc(-c2cccnc2)cc1F. The van der Waals surface area contributed by atoms with E-state index in [1.54, 1.807) is 24.5 Å². The van der Waals surface area contributed by atoms with Gasteiger partial charge in [0.15, 0.2) is 0 Å². The first kappa shape index (κ1) is 9.77. The smallest absolute Gasteiger partial charge is 0.129 e. The highest BCUT2D eigenvalue weighted by atomic mass is 19.1. The molecule has 1 nitrogen and oxygen atoms in total. The van der Waals surface area contributed by atoms with Crippen LogP contribution in [-0.2, 0) is 0 Å². The molecule has 0 saturated heterocycles. The Bertz CT molecular complexity index is 457. The number of aromatic nitrogens is 1. The van der Waals surface area contributed by atoms with Gasteiger partial charge in [-0.2, -0.15) is 0 Å². The molecule has 1 aromatic carbocycles. The van der Waals surface area contributed by atoms with Crippen LogP contribution >= 0.6 is 0 Å². The fourth-order valence-electron chi connectivity index (χ4n) is 1.35. The summed E-state index contributed by atoms with van der Waals surface area (Å²) in [6.45, 7) is 1.41. The number of hydrogen-bond donors (Lipinski definition) is 0. The first-order valence-corrected chi connectivity index (χ1v) is 4.54. The minimum atomic E-state index is -0.533. The first-order chi connectivity index (χ1) is 7.18. The van der Waals surface area contributed by atoms with Gasteiger partial charge in [-0.3, -0.25) is 4.98 Å². The van der Waals surface area contributed by atoms with Gasteiger partial charge in [0.2, 0.25) is 0 Å². The van der Waals surface area contributed by atoms with Crippen molar-refractivity contribution in [2.24, 2.45) is 0 Å². The van der Waals surface area contributed by atoms with E-state index in [1.807, 2.05) is 0 Å². The van der Waals surface area contributed by atoms with E-state index in [1.165, 1.54) is 19.1 Å². The minimum Gasteiger partial charge on any atom is -0.264 e. The van der Waals surface area contributed by atoms with Crippen molar-refractivity contribution in [1.82, 2.24) is 4.98 Å². The minimum absolute atomic E-state index is 0.0441.